The Labute approximate surface area is 152 Å². The van der Waals surface area contributed by atoms with E-state index in [2.05, 4.69) is 25.4 Å². The molecular weight excluding hydrogens is 320 g/mol. The molecule has 4 atom stereocenters. The van der Waals surface area contributed by atoms with E-state index < -0.39 is 0 Å². The number of rotatable bonds is 11. The minimum absolute atomic E-state index is 0.00598. The molecule has 0 aliphatic rings. The molecule has 0 aromatic carbocycles. The monoisotopic (exact) mass is 354 g/mol. The third kappa shape index (κ3) is 7.12. The number of hydrogen-bond donors (Lipinski definition) is 1. The predicted octanol–water partition coefficient (Wildman–Crippen LogP) is 3.49. The Morgan fingerprint density at radius 3 is 2.12 bits per heavy atom. The summed E-state index contributed by atoms with van der Waals surface area (Å²) < 4.78 is 0. The molecule has 24 heavy (non-hydrogen) atoms. The van der Waals surface area contributed by atoms with Gasteiger partial charge in [0.15, 0.2) is 0 Å². The summed E-state index contributed by atoms with van der Waals surface area (Å²) in [5.41, 5.74) is 0. The van der Waals surface area contributed by atoms with Crippen molar-refractivity contribution in [2.24, 2.45) is 11.8 Å². The first-order chi connectivity index (χ1) is 11.2. The fraction of sp³-hybridized carbons (Fsp3) is 0.684. The third-order valence-electron chi connectivity index (χ3n) is 4.44. The highest BCUT2D eigenvalue weighted by atomic mass is 32.2. The fourth-order valence-electron chi connectivity index (χ4n) is 2.47. The SMILES string of the molecule is C=C[C@H](C(=O)N(C)C(C)C)C(C)CCC(C)NC(=O)[C@@H](C=C)SC. The van der Waals surface area contributed by atoms with Crippen LogP contribution >= 0.6 is 11.8 Å². The first-order valence-electron chi connectivity index (χ1n) is 8.54. The van der Waals surface area contributed by atoms with Crippen molar-refractivity contribution in [2.45, 2.75) is 57.9 Å². The summed E-state index contributed by atoms with van der Waals surface area (Å²) in [6, 6.07) is 0.241. The summed E-state index contributed by atoms with van der Waals surface area (Å²) >= 11 is 1.47. The zero-order chi connectivity index (χ0) is 18.9. The molecule has 0 radical (unpaired) electrons. The van der Waals surface area contributed by atoms with Crippen LogP contribution in [0.1, 0.15) is 40.5 Å². The lowest BCUT2D eigenvalue weighted by Crippen LogP contribution is -2.40. The van der Waals surface area contributed by atoms with Gasteiger partial charge < -0.3 is 10.2 Å². The molecule has 0 saturated heterocycles. The molecule has 5 heteroatoms. The second-order valence-corrected chi connectivity index (χ2v) is 7.64. The molecule has 0 fully saturated rings. The number of carbonyl (C=O) groups excluding carboxylic acids is 2. The molecule has 0 aliphatic heterocycles. The largest absolute Gasteiger partial charge is 0.352 e. The van der Waals surface area contributed by atoms with Crippen molar-refractivity contribution >= 4 is 23.6 Å². The lowest BCUT2D eigenvalue weighted by molar-refractivity contribution is -0.135. The smallest absolute Gasteiger partial charge is 0.237 e. The highest BCUT2D eigenvalue weighted by Crippen LogP contribution is 2.22. The van der Waals surface area contributed by atoms with Crippen LogP contribution in [0.25, 0.3) is 0 Å². The quantitative estimate of drug-likeness (QED) is 0.578. The average Bonchev–Trinajstić information content (AvgIpc) is 2.53. The fourth-order valence-corrected chi connectivity index (χ4v) is 2.94. The maximum Gasteiger partial charge on any atom is 0.237 e. The molecule has 0 aromatic heterocycles. The zero-order valence-electron chi connectivity index (χ0n) is 16.0. The Morgan fingerprint density at radius 1 is 1.12 bits per heavy atom. The van der Waals surface area contributed by atoms with Crippen LogP contribution in [0.2, 0.25) is 0 Å². The summed E-state index contributed by atoms with van der Waals surface area (Å²) in [6.45, 7) is 15.6. The number of hydrogen-bond acceptors (Lipinski definition) is 3. The van der Waals surface area contributed by atoms with Gasteiger partial charge in [-0.1, -0.05) is 19.1 Å². The van der Waals surface area contributed by atoms with Crippen molar-refractivity contribution in [3.63, 3.8) is 0 Å². The minimum Gasteiger partial charge on any atom is -0.352 e. The molecule has 4 nitrogen and oxygen atoms in total. The second-order valence-electron chi connectivity index (χ2n) is 6.66. The van der Waals surface area contributed by atoms with Gasteiger partial charge >= 0.3 is 0 Å². The van der Waals surface area contributed by atoms with E-state index in [1.54, 1.807) is 17.1 Å². The number of nitrogens with one attached hydrogen (secondary N) is 1. The van der Waals surface area contributed by atoms with Crippen LogP contribution in [0.3, 0.4) is 0 Å². The van der Waals surface area contributed by atoms with E-state index in [0.29, 0.717) is 0 Å². The van der Waals surface area contributed by atoms with Gasteiger partial charge in [-0.3, -0.25) is 9.59 Å². The zero-order valence-corrected chi connectivity index (χ0v) is 16.9. The van der Waals surface area contributed by atoms with Gasteiger partial charge in [0.25, 0.3) is 0 Å². The third-order valence-corrected chi connectivity index (χ3v) is 5.36. The van der Waals surface area contributed by atoms with E-state index in [1.165, 1.54) is 11.8 Å². The van der Waals surface area contributed by atoms with Crippen LogP contribution in [0.15, 0.2) is 25.3 Å². The van der Waals surface area contributed by atoms with Crippen LogP contribution in [-0.2, 0) is 9.59 Å². The molecule has 0 rings (SSSR count). The van der Waals surface area contributed by atoms with Crippen molar-refractivity contribution in [3.05, 3.63) is 25.3 Å². The molecule has 0 heterocycles. The summed E-state index contributed by atoms with van der Waals surface area (Å²) in [7, 11) is 1.83. The van der Waals surface area contributed by atoms with E-state index in [9.17, 15) is 9.59 Å². The van der Waals surface area contributed by atoms with Crippen molar-refractivity contribution in [1.29, 1.82) is 0 Å². The molecule has 2 unspecified atom stereocenters. The summed E-state index contributed by atoms with van der Waals surface area (Å²) in [5, 5.41) is 2.80. The molecular formula is C19H34N2O2S. The van der Waals surface area contributed by atoms with E-state index in [-0.39, 0.29) is 41.0 Å². The van der Waals surface area contributed by atoms with Gasteiger partial charge in [-0.05, 0) is 45.8 Å². The van der Waals surface area contributed by atoms with E-state index in [0.717, 1.165) is 12.8 Å². The lowest BCUT2D eigenvalue weighted by atomic mass is 9.87. The average molecular weight is 355 g/mol. The van der Waals surface area contributed by atoms with Crippen molar-refractivity contribution in [2.75, 3.05) is 13.3 Å². The van der Waals surface area contributed by atoms with Gasteiger partial charge in [0.2, 0.25) is 11.8 Å². The van der Waals surface area contributed by atoms with Gasteiger partial charge in [-0.2, -0.15) is 0 Å². The molecule has 0 saturated carbocycles. The molecule has 0 aromatic rings. The second kappa shape index (κ2) is 11.3. The van der Waals surface area contributed by atoms with Crippen LogP contribution < -0.4 is 5.32 Å². The van der Waals surface area contributed by atoms with Crippen LogP contribution in [0.4, 0.5) is 0 Å². The van der Waals surface area contributed by atoms with Gasteiger partial charge in [0, 0.05) is 19.1 Å². The van der Waals surface area contributed by atoms with Gasteiger partial charge in [0.05, 0.1) is 5.92 Å². The standard InChI is InChI=1S/C19H34N2O2S/c1-9-16(19(23)21(7)13(3)4)14(5)11-12-15(6)20-18(22)17(10-2)24-8/h9-10,13-17H,1-2,11-12H2,3-8H3,(H,20,22)/t14?,15?,16-,17+/m0/s1. The first-order valence-corrected chi connectivity index (χ1v) is 9.83. The summed E-state index contributed by atoms with van der Waals surface area (Å²) in [4.78, 5) is 26.3. The maximum absolute atomic E-state index is 12.5. The first kappa shape index (κ1) is 22.8. The molecule has 0 spiro atoms. The maximum atomic E-state index is 12.5. The van der Waals surface area contributed by atoms with Crippen LogP contribution in [0.5, 0.6) is 0 Å². The van der Waals surface area contributed by atoms with Crippen molar-refractivity contribution in [3.8, 4) is 0 Å². The summed E-state index contributed by atoms with van der Waals surface area (Å²) in [5.74, 6) is 0.102. The number of amides is 2. The minimum atomic E-state index is -0.216. The predicted molar refractivity (Wildman–Crippen MR) is 105 cm³/mol. The Hall–Kier alpha value is -1.23. The molecule has 138 valence electrons. The van der Waals surface area contributed by atoms with E-state index >= 15 is 0 Å². The van der Waals surface area contributed by atoms with Crippen LogP contribution in [0, 0.1) is 11.8 Å². The van der Waals surface area contributed by atoms with Crippen LogP contribution in [-0.4, -0.2) is 47.4 Å². The number of nitrogens with zero attached hydrogens (tertiary/aromatic N) is 1. The Kier molecular flexibility index (Phi) is 10.8. The topological polar surface area (TPSA) is 49.4 Å². The van der Waals surface area contributed by atoms with Gasteiger partial charge in [-0.25, -0.2) is 0 Å². The molecule has 2 amide bonds. The highest BCUT2D eigenvalue weighted by Gasteiger charge is 2.26. The molecule has 0 aliphatic carbocycles. The Balaban J connectivity index is 4.56. The number of carbonyl (C=O) groups is 2. The molecule has 1 N–H and O–H groups in total. The number of thioether (sulfide) groups is 1. The lowest BCUT2D eigenvalue weighted by Gasteiger charge is -2.29. The van der Waals surface area contributed by atoms with E-state index in [1.807, 2.05) is 34.1 Å². The highest BCUT2D eigenvalue weighted by molar-refractivity contribution is 8.00. The van der Waals surface area contributed by atoms with E-state index in [4.69, 9.17) is 0 Å². The molecule has 0 bridgehead atoms. The normalized spacial score (nSPS) is 16.0. The Morgan fingerprint density at radius 2 is 1.71 bits per heavy atom. The van der Waals surface area contributed by atoms with Crippen molar-refractivity contribution in [1.82, 2.24) is 10.2 Å². The van der Waals surface area contributed by atoms with Crippen molar-refractivity contribution < 1.29 is 9.59 Å². The summed E-state index contributed by atoms with van der Waals surface area (Å²) in [6.07, 6.45) is 6.98. The van der Waals surface area contributed by atoms with Gasteiger partial charge in [0.1, 0.15) is 5.25 Å². The van der Waals surface area contributed by atoms with Gasteiger partial charge in [-0.15, -0.1) is 24.9 Å². The Bertz CT molecular complexity index is 437.